The highest BCUT2D eigenvalue weighted by Crippen LogP contribution is 2.29. The van der Waals surface area contributed by atoms with Gasteiger partial charge in [0.15, 0.2) is 5.76 Å². The first-order chi connectivity index (χ1) is 11.6. The van der Waals surface area contributed by atoms with Gasteiger partial charge in [0.25, 0.3) is 11.8 Å². The van der Waals surface area contributed by atoms with Gasteiger partial charge in [0.2, 0.25) is 0 Å². The highest BCUT2D eigenvalue weighted by molar-refractivity contribution is 6.10. The standard InChI is InChI=1S/C19H20N2O3/c1-12-11-21(15-8-4-3-7-14(15)18(22)20-12)19(23)17-10-13-6-2-5-9-16(13)24-17/h3-4,7-8,10,12H,2,5-6,9,11H2,1H3,(H,20,22). The van der Waals surface area contributed by atoms with E-state index in [9.17, 15) is 9.59 Å². The Morgan fingerprint density at radius 2 is 2.04 bits per heavy atom. The molecule has 0 saturated heterocycles. The molecular weight excluding hydrogens is 304 g/mol. The second-order valence-electron chi connectivity index (χ2n) is 6.57. The van der Waals surface area contributed by atoms with Gasteiger partial charge in [0.05, 0.1) is 11.3 Å². The zero-order valence-electron chi connectivity index (χ0n) is 13.7. The van der Waals surface area contributed by atoms with Crippen LogP contribution in [0.25, 0.3) is 0 Å². The first kappa shape index (κ1) is 15.0. The fourth-order valence-corrected chi connectivity index (χ4v) is 3.54. The number of carbonyl (C=O) groups excluding carboxylic acids is 2. The number of carbonyl (C=O) groups is 2. The maximum atomic E-state index is 13.1. The smallest absolute Gasteiger partial charge is 0.294 e. The molecule has 1 unspecified atom stereocenters. The predicted octanol–water partition coefficient (Wildman–Crippen LogP) is 2.94. The van der Waals surface area contributed by atoms with E-state index >= 15 is 0 Å². The van der Waals surface area contributed by atoms with Crippen molar-refractivity contribution in [3.63, 3.8) is 0 Å². The number of rotatable bonds is 1. The van der Waals surface area contributed by atoms with Gasteiger partial charge >= 0.3 is 0 Å². The van der Waals surface area contributed by atoms with Crippen molar-refractivity contribution < 1.29 is 14.0 Å². The number of nitrogens with one attached hydrogen (secondary N) is 1. The number of amides is 2. The molecule has 1 N–H and O–H groups in total. The number of anilines is 1. The van der Waals surface area contributed by atoms with Crippen LogP contribution >= 0.6 is 0 Å². The Morgan fingerprint density at radius 3 is 2.88 bits per heavy atom. The van der Waals surface area contributed by atoms with Crippen molar-refractivity contribution in [2.45, 2.75) is 38.6 Å². The van der Waals surface area contributed by atoms with Crippen LogP contribution in [-0.4, -0.2) is 24.4 Å². The van der Waals surface area contributed by atoms with E-state index in [1.54, 1.807) is 11.0 Å². The molecule has 1 aromatic heterocycles. The minimum atomic E-state index is -0.180. The van der Waals surface area contributed by atoms with E-state index < -0.39 is 0 Å². The molecule has 1 aliphatic heterocycles. The van der Waals surface area contributed by atoms with Gasteiger partial charge in [-0.05, 0) is 49.9 Å². The zero-order chi connectivity index (χ0) is 16.7. The van der Waals surface area contributed by atoms with Crippen molar-refractivity contribution in [1.82, 2.24) is 5.32 Å². The number of benzene rings is 1. The first-order valence-corrected chi connectivity index (χ1v) is 8.47. The second kappa shape index (κ2) is 5.82. The molecule has 0 spiro atoms. The third-order valence-corrected chi connectivity index (χ3v) is 4.73. The molecule has 124 valence electrons. The quantitative estimate of drug-likeness (QED) is 0.877. The number of para-hydroxylation sites is 1. The molecule has 1 aromatic carbocycles. The molecule has 2 amide bonds. The molecule has 2 heterocycles. The Balaban J connectivity index is 1.74. The van der Waals surface area contributed by atoms with E-state index in [0.717, 1.165) is 37.0 Å². The van der Waals surface area contributed by atoms with Gasteiger partial charge in [-0.3, -0.25) is 9.59 Å². The van der Waals surface area contributed by atoms with Crippen molar-refractivity contribution in [2.75, 3.05) is 11.4 Å². The fourth-order valence-electron chi connectivity index (χ4n) is 3.54. The van der Waals surface area contributed by atoms with E-state index in [1.807, 2.05) is 31.2 Å². The van der Waals surface area contributed by atoms with Crippen LogP contribution in [0, 0.1) is 0 Å². The van der Waals surface area contributed by atoms with Crippen LogP contribution in [0.15, 0.2) is 34.7 Å². The Labute approximate surface area is 140 Å². The summed E-state index contributed by atoms with van der Waals surface area (Å²) in [7, 11) is 0. The van der Waals surface area contributed by atoms with E-state index in [-0.39, 0.29) is 17.9 Å². The van der Waals surface area contributed by atoms with Gasteiger partial charge in [0, 0.05) is 19.0 Å². The van der Waals surface area contributed by atoms with Gasteiger partial charge in [-0.2, -0.15) is 0 Å². The van der Waals surface area contributed by atoms with Gasteiger partial charge < -0.3 is 14.6 Å². The summed E-state index contributed by atoms with van der Waals surface area (Å²) in [6, 6.07) is 8.96. The highest BCUT2D eigenvalue weighted by Gasteiger charge is 2.30. The van der Waals surface area contributed by atoms with Crippen LogP contribution in [0.1, 0.15) is 52.0 Å². The van der Waals surface area contributed by atoms with Gasteiger partial charge in [-0.15, -0.1) is 0 Å². The second-order valence-corrected chi connectivity index (χ2v) is 6.57. The number of hydrogen-bond donors (Lipinski definition) is 1. The van der Waals surface area contributed by atoms with E-state index in [2.05, 4.69) is 5.32 Å². The summed E-state index contributed by atoms with van der Waals surface area (Å²) < 4.78 is 5.84. The molecule has 0 saturated carbocycles. The lowest BCUT2D eigenvalue weighted by molar-refractivity contribution is 0.0933. The maximum absolute atomic E-state index is 13.1. The van der Waals surface area contributed by atoms with Crippen LogP contribution < -0.4 is 10.2 Å². The Hall–Kier alpha value is -2.56. The predicted molar refractivity (Wildman–Crippen MR) is 90.4 cm³/mol. The van der Waals surface area contributed by atoms with Crippen molar-refractivity contribution in [3.05, 3.63) is 53.0 Å². The molecule has 1 atom stereocenters. The third-order valence-electron chi connectivity index (χ3n) is 4.73. The van der Waals surface area contributed by atoms with Gasteiger partial charge in [0.1, 0.15) is 5.76 Å². The first-order valence-electron chi connectivity index (χ1n) is 8.47. The summed E-state index contributed by atoms with van der Waals surface area (Å²) in [5, 5.41) is 2.92. The lowest BCUT2D eigenvalue weighted by Gasteiger charge is -2.22. The number of nitrogens with zero attached hydrogens (tertiary/aromatic N) is 1. The SMILES string of the molecule is CC1CN(C(=O)c2cc3c(o2)CCCC3)c2ccccc2C(=O)N1. The van der Waals surface area contributed by atoms with Crippen molar-refractivity contribution in [2.24, 2.45) is 0 Å². The normalized spacial score (nSPS) is 20.0. The molecule has 1 aliphatic carbocycles. The number of aryl methyl sites for hydroxylation is 2. The molecule has 5 heteroatoms. The molecule has 5 nitrogen and oxygen atoms in total. The van der Waals surface area contributed by atoms with E-state index in [4.69, 9.17) is 4.42 Å². The summed E-state index contributed by atoms with van der Waals surface area (Å²) in [6.07, 6.45) is 4.12. The van der Waals surface area contributed by atoms with Gasteiger partial charge in [-0.25, -0.2) is 0 Å². The molecular formula is C19H20N2O3. The maximum Gasteiger partial charge on any atom is 0.294 e. The Kier molecular flexibility index (Phi) is 3.63. The number of furan rings is 1. The van der Waals surface area contributed by atoms with Crippen molar-refractivity contribution >= 4 is 17.5 Å². The highest BCUT2D eigenvalue weighted by atomic mass is 16.4. The van der Waals surface area contributed by atoms with Crippen LogP contribution in [0.2, 0.25) is 0 Å². The van der Waals surface area contributed by atoms with Crippen LogP contribution in [0.4, 0.5) is 5.69 Å². The minimum absolute atomic E-state index is 0.126. The summed E-state index contributed by atoms with van der Waals surface area (Å²) in [4.78, 5) is 27.0. The summed E-state index contributed by atoms with van der Waals surface area (Å²) in [5.41, 5.74) is 2.31. The summed E-state index contributed by atoms with van der Waals surface area (Å²) in [6.45, 7) is 2.32. The van der Waals surface area contributed by atoms with Crippen LogP contribution in [0.5, 0.6) is 0 Å². The number of fused-ring (bicyclic) bond motifs is 2. The molecule has 2 aliphatic rings. The van der Waals surface area contributed by atoms with Crippen LogP contribution in [-0.2, 0) is 12.8 Å². The van der Waals surface area contributed by atoms with Gasteiger partial charge in [-0.1, -0.05) is 12.1 Å². The molecule has 0 fully saturated rings. The monoisotopic (exact) mass is 324 g/mol. The third kappa shape index (κ3) is 2.50. The Bertz CT molecular complexity index is 785. The zero-order valence-corrected chi connectivity index (χ0v) is 13.7. The lowest BCUT2D eigenvalue weighted by atomic mass is 9.99. The molecule has 2 aromatic rings. The van der Waals surface area contributed by atoms with Crippen LogP contribution in [0.3, 0.4) is 0 Å². The topological polar surface area (TPSA) is 62.6 Å². The van der Waals surface area contributed by atoms with Crippen molar-refractivity contribution in [1.29, 1.82) is 0 Å². The largest absolute Gasteiger partial charge is 0.456 e. The number of hydrogen-bond acceptors (Lipinski definition) is 3. The summed E-state index contributed by atoms with van der Waals surface area (Å²) >= 11 is 0. The Morgan fingerprint density at radius 1 is 1.25 bits per heavy atom. The lowest BCUT2D eigenvalue weighted by Crippen LogP contribution is -2.40. The molecule has 0 bridgehead atoms. The average Bonchev–Trinajstić information content (AvgIpc) is 2.98. The van der Waals surface area contributed by atoms with E-state index in [1.165, 1.54) is 0 Å². The minimum Gasteiger partial charge on any atom is -0.456 e. The fraction of sp³-hybridized carbons (Fsp3) is 0.368. The van der Waals surface area contributed by atoms with Crippen molar-refractivity contribution in [3.8, 4) is 0 Å². The molecule has 24 heavy (non-hydrogen) atoms. The van der Waals surface area contributed by atoms with E-state index in [0.29, 0.717) is 23.6 Å². The average molecular weight is 324 g/mol. The molecule has 4 rings (SSSR count). The summed E-state index contributed by atoms with van der Waals surface area (Å²) in [5.74, 6) is 0.987. The molecule has 0 radical (unpaired) electrons.